The number of hydrogen-bond donors (Lipinski definition) is 0. The molecule has 2 aromatic heterocycles. The number of unbranched alkanes of at least 4 members (excludes halogenated alkanes) is 1. The molecule has 2 aromatic rings. The number of amides is 1. The molecule has 22 heavy (non-hydrogen) atoms. The molecule has 0 unspecified atom stereocenters. The minimum absolute atomic E-state index is 0.192. The Morgan fingerprint density at radius 3 is 2.77 bits per heavy atom. The first kappa shape index (κ1) is 17.2. The van der Waals surface area contributed by atoms with Crippen molar-refractivity contribution in [2.75, 3.05) is 18.8 Å². The molecule has 2 heterocycles. The van der Waals surface area contributed by atoms with Crippen LogP contribution in [0.5, 0.6) is 0 Å². The van der Waals surface area contributed by atoms with E-state index in [2.05, 4.69) is 30.7 Å². The fraction of sp³-hybridized carbons (Fsp3) is 0.562. The van der Waals surface area contributed by atoms with Crippen molar-refractivity contribution in [3.8, 4) is 0 Å². The maximum absolute atomic E-state index is 12.3. The Balaban J connectivity index is 2.10. The maximum atomic E-state index is 12.3. The quantitative estimate of drug-likeness (QED) is 0.565. The van der Waals surface area contributed by atoms with Crippen LogP contribution in [0.4, 0.5) is 0 Å². The van der Waals surface area contributed by atoms with Gasteiger partial charge in [-0.05, 0) is 32.8 Å². The number of nitrogens with zero attached hydrogens (tertiary/aromatic N) is 3. The van der Waals surface area contributed by atoms with Gasteiger partial charge in [-0.2, -0.15) is 0 Å². The number of thiophene rings is 1. The van der Waals surface area contributed by atoms with Gasteiger partial charge in [0.05, 0.1) is 5.75 Å². The topological polar surface area (TPSA) is 46.1 Å². The van der Waals surface area contributed by atoms with E-state index in [4.69, 9.17) is 0 Å². The first-order valence-corrected chi connectivity index (χ1v) is 9.49. The van der Waals surface area contributed by atoms with Gasteiger partial charge in [-0.3, -0.25) is 4.79 Å². The molecule has 1 amide bonds. The third-order valence-electron chi connectivity index (χ3n) is 3.78. The highest BCUT2D eigenvalue weighted by atomic mass is 32.2. The van der Waals surface area contributed by atoms with Gasteiger partial charge in [0.1, 0.15) is 16.2 Å². The highest BCUT2D eigenvalue weighted by molar-refractivity contribution is 8.00. The minimum Gasteiger partial charge on any atom is -0.342 e. The Bertz CT molecular complexity index is 654. The molecule has 0 spiro atoms. The number of thioether (sulfide) groups is 1. The summed E-state index contributed by atoms with van der Waals surface area (Å²) in [7, 11) is 0. The number of hydrogen-bond acceptors (Lipinski definition) is 5. The monoisotopic (exact) mass is 337 g/mol. The lowest BCUT2D eigenvalue weighted by atomic mass is 10.2. The largest absolute Gasteiger partial charge is 0.342 e. The summed E-state index contributed by atoms with van der Waals surface area (Å²) in [5.41, 5.74) is 1.23. The van der Waals surface area contributed by atoms with E-state index >= 15 is 0 Å². The van der Waals surface area contributed by atoms with Crippen LogP contribution >= 0.6 is 23.1 Å². The number of carbonyl (C=O) groups excluding carboxylic acids is 1. The molecular formula is C16H23N3OS2. The summed E-state index contributed by atoms with van der Waals surface area (Å²) in [6.07, 6.45) is 3.76. The van der Waals surface area contributed by atoms with Crippen LogP contribution in [0.25, 0.3) is 10.2 Å². The van der Waals surface area contributed by atoms with Crippen LogP contribution in [-0.2, 0) is 4.79 Å². The van der Waals surface area contributed by atoms with Gasteiger partial charge in [0.15, 0.2) is 0 Å². The lowest BCUT2D eigenvalue weighted by molar-refractivity contribution is -0.128. The number of aromatic nitrogens is 2. The van der Waals surface area contributed by atoms with E-state index < -0.39 is 0 Å². The van der Waals surface area contributed by atoms with E-state index in [1.54, 1.807) is 17.7 Å². The highest BCUT2D eigenvalue weighted by Crippen LogP contribution is 2.34. The normalized spacial score (nSPS) is 11.1. The first-order valence-electron chi connectivity index (χ1n) is 7.69. The lowest BCUT2D eigenvalue weighted by Crippen LogP contribution is -2.33. The van der Waals surface area contributed by atoms with Crippen molar-refractivity contribution in [1.82, 2.24) is 14.9 Å². The number of rotatable bonds is 7. The van der Waals surface area contributed by atoms with Gasteiger partial charge >= 0.3 is 0 Å². The van der Waals surface area contributed by atoms with Crippen molar-refractivity contribution in [1.29, 1.82) is 0 Å². The van der Waals surface area contributed by atoms with Crippen LogP contribution in [0.3, 0.4) is 0 Å². The SMILES string of the molecule is CCCCN(CC)C(=O)CSc1ncnc2sc(C)c(C)c12. The molecule has 4 nitrogen and oxygen atoms in total. The van der Waals surface area contributed by atoms with Gasteiger partial charge in [0.2, 0.25) is 5.91 Å². The van der Waals surface area contributed by atoms with E-state index in [9.17, 15) is 4.79 Å². The second-order valence-corrected chi connectivity index (χ2v) is 7.43. The Hall–Kier alpha value is -1.14. The third-order valence-corrected chi connectivity index (χ3v) is 5.87. The van der Waals surface area contributed by atoms with Gasteiger partial charge in [-0.25, -0.2) is 9.97 Å². The molecule has 0 saturated carbocycles. The number of fused-ring (bicyclic) bond motifs is 1. The first-order chi connectivity index (χ1) is 10.6. The summed E-state index contributed by atoms with van der Waals surface area (Å²) in [6, 6.07) is 0. The van der Waals surface area contributed by atoms with Crippen molar-refractivity contribution in [3.05, 3.63) is 16.8 Å². The summed E-state index contributed by atoms with van der Waals surface area (Å²) in [6.45, 7) is 10.0. The van der Waals surface area contributed by atoms with Crippen LogP contribution < -0.4 is 0 Å². The van der Waals surface area contributed by atoms with Gasteiger partial charge in [0.25, 0.3) is 0 Å². The summed E-state index contributed by atoms with van der Waals surface area (Å²) < 4.78 is 0. The minimum atomic E-state index is 0.192. The zero-order valence-electron chi connectivity index (χ0n) is 13.7. The molecule has 0 atom stereocenters. The van der Waals surface area contributed by atoms with E-state index in [1.807, 2.05) is 11.8 Å². The van der Waals surface area contributed by atoms with Crippen LogP contribution in [0, 0.1) is 13.8 Å². The molecule has 0 aromatic carbocycles. The molecule has 2 rings (SSSR count). The molecule has 0 fully saturated rings. The van der Waals surface area contributed by atoms with E-state index in [0.717, 1.165) is 41.2 Å². The predicted octanol–water partition coefficient (Wildman–Crippen LogP) is 4.05. The molecular weight excluding hydrogens is 314 g/mol. The summed E-state index contributed by atoms with van der Waals surface area (Å²) >= 11 is 3.22. The third kappa shape index (κ3) is 3.79. The fourth-order valence-corrected chi connectivity index (χ4v) is 4.31. The number of aryl methyl sites for hydroxylation is 2. The maximum Gasteiger partial charge on any atom is 0.232 e. The molecule has 0 aliphatic carbocycles. The molecule has 120 valence electrons. The average molecular weight is 338 g/mol. The zero-order chi connectivity index (χ0) is 16.1. The van der Waals surface area contributed by atoms with E-state index in [1.165, 1.54) is 22.2 Å². The highest BCUT2D eigenvalue weighted by Gasteiger charge is 2.16. The van der Waals surface area contributed by atoms with Gasteiger partial charge in [-0.15, -0.1) is 11.3 Å². The predicted molar refractivity (Wildman–Crippen MR) is 94.8 cm³/mol. The van der Waals surface area contributed by atoms with Crippen molar-refractivity contribution in [2.24, 2.45) is 0 Å². The van der Waals surface area contributed by atoms with Gasteiger partial charge < -0.3 is 4.90 Å². The van der Waals surface area contributed by atoms with Gasteiger partial charge in [0, 0.05) is 23.4 Å². The standard InChI is InChI=1S/C16H23N3OS2/c1-5-7-8-19(6-2)13(20)9-21-15-14-11(3)12(4)22-16(14)18-10-17-15/h10H,5-9H2,1-4H3. The molecule has 0 aliphatic heterocycles. The number of carbonyl (C=O) groups is 1. The van der Waals surface area contributed by atoms with Crippen molar-refractivity contribution in [2.45, 2.75) is 45.6 Å². The Morgan fingerprint density at radius 2 is 2.09 bits per heavy atom. The van der Waals surface area contributed by atoms with Crippen LogP contribution in [0.1, 0.15) is 37.1 Å². The zero-order valence-corrected chi connectivity index (χ0v) is 15.3. The molecule has 0 radical (unpaired) electrons. The average Bonchev–Trinajstić information content (AvgIpc) is 2.81. The molecule has 0 N–H and O–H groups in total. The Kier molecular flexibility index (Phi) is 6.20. The van der Waals surface area contributed by atoms with Crippen molar-refractivity contribution < 1.29 is 4.79 Å². The van der Waals surface area contributed by atoms with Crippen LogP contribution in [-0.4, -0.2) is 39.6 Å². The summed E-state index contributed by atoms with van der Waals surface area (Å²) in [5.74, 6) is 0.634. The lowest BCUT2D eigenvalue weighted by Gasteiger charge is -2.20. The smallest absolute Gasteiger partial charge is 0.232 e. The van der Waals surface area contributed by atoms with E-state index in [-0.39, 0.29) is 5.91 Å². The second-order valence-electron chi connectivity index (χ2n) is 5.26. The molecule has 0 saturated heterocycles. The van der Waals surface area contributed by atoms with Crippen LogP contribution in [0.15, 0.2) is 11.4 Å². The second kappa shape index (κ2) is 7.92. The molecule has 0 aliphatic rings. The van der Waals surface area contributed by atoms with Gasteiger partial charge in [-0.1, -0.05) is 25.1 Å². The fourth-order valence-electron chi connectivity index (χ4n) is 2.29. The Morgan fingerprint density at radius 1 is 1.32 bits per heavy atom. The summed E-state index contributed by atoms with van der Waals surface area (Å²) in [4.78, 5) is 25.3. The van der Waals surface area contributed by atoms with Crippen LogP contribution in [0.2, 0.25) is 0 Å². The Labute approximate surface area is 140 Å². The summed E-state index contributed by atoms with van der Waals surface area (Å²) in [5, 5.41) is 2.03. The molecule has 0 bridgehead atoms. The van der Waals surface area contributed by atoms with E-state index in [0.29, 0.717) is 5.75 Å². The molecule has 6 heteroatoms. The van der Waals surface area contributed by atoms with Crippen molar-refractivity contribution in [3.63, 3.8) is 0 Å². The van der Waals surface area contributed by atoms with Crippen molar-refractivity contribution >= 4 is 39.2 Å².